The smallest absolute Gasteiger partial charge is 0.239 e. The Labute approximate surface area is 108 Å². The van der Waals surface area contributed by atoms with E-state index in [0.29, 0.717) is 12.0 Å². The van der Waals surface area contributed by atoms with Gasteiger partial charge in [0.1, 0.15) is 5.82 Å². The van der Waals surface area contributed by atoms with Gasteiger partial charge in [-0.25, -0.2) is 10.8 Å². The Kier molecular flexibility index (Phi) is 3.07. The number of nitrogen functional groups attached to an aromatic ring is 1. The SMILES string of the molecule is Cc1cnc(NN)nc1N1CCCC2CCCC21. The van der Waals surface area contributed by atoms with Crippen LogP contribution in [0.25, 0.3) is 0 Å². The molecule has 5 nitrogen and oxygen atoms in total. The molecule has 0 radical (unpaired) electrons. The van der Waals surface area contributed by atoms with Crippen LogP contribution in [0.4, 0.5) is 11.8 Å². The number of rotatable bonds is 2. The summed E-state index contributed by atoms with van der Waals surface area (Å²) in [5.41, 5.74) is 3.68. The van der Waals surface area contributed by atoms with E-state index in [9.17, 15) is 0 Å². The van der Waals surface area contributed by atoms with Crippen LogP contribution in [0.5, 0.6) is 0 Å². The van der Waals surface area contributed by atoms with E-state index in [2.05, 4.69) is 27.2 Å². The van der Waals surface area contributed by atoms with E-state index in [1.807, 2.05) is 6.20 Å². The maximum absolute atomic E-state index is 5.41. The average molecular weight is 247 g/mol. The Morgan fingerprint density at radius 2 is 2.17 bits per heavy atom. The number of anilines is 2. The third-order valence-electron chi connectivity index (χ3n) is 4.34. The van der Waals surface area contributed by atoms with Crippen LogP contribution in [0.3, 0.4) is 0 Å². The number of fused-ring (bicyclic) bond motifs is 1. The summed E-state index contributed by atoms with van der Waals surface area (Å²) in [7, 11) is 0. The third kappa shape index (κ3) is 1.92. The largest absolute Gasteiger partial charge is 0.353 e. The van der Waals surface area contributed by atoms with Crippen molar-refractivity contribution in [2.45, 2.75) is 45.1 Å². The van der Waals surface area contributed by atoms with Crippen LogP contribution in [0.2, 0.25) is 0 Å². The first-order valence-corrected chi connectivity index (χ1v) is 6.86. The molecule has 1 aliphatic heterocycles. The molecule has 2 atom stereocenters. The third-order valence-corrected chi connectivity index (χ3v) is 4.34. The van der Waals surface area contributed by atoms with Crippen molar-refractivity contribution in [3.8, 4) is 0 Å². The van der Waals surface area contributed by atoms with Gasteiger partial charge in [0, 0.05) is 24.3 Å². The predicted octanol–water partition coefficient (Wildman–Crippen LogP) is 1.84. The van der Waals surface area contributed by atoms with Gasteiger partial charge in [-0.05, 0) is 38.5 Å². The number of nitrogens with two attached hydrogens (primary N) is 1. The van der Waals surface area contributed by atoms with Crippen molar-refractivity contribution in [3.05, 3.63) is 11.8 Å². The van der Waals surface area contributed by atoms with E-state index in [1.54, 1.807) is 0 Å². The Morgan fingerprint density at radius 3 is 3.00 bits per heavy atom. The fourth-order valence-electron chi connectivity index (χ4n) is 3.51. The van der Waals surface area contributed by atoms with E-state index in [1.165, 1.54) is 32.1 Å². The zero-order valence-electron chi connectivity index (χ0n) is 10.9. The minimum absolute atomic E-state index is 0.510. The lowest BCUT2D eigenvalue weighted by atomic mass is 9.92. The zero-order valence-corrected chi connectivity index (χ0v) is 10.9. The van der Waals surface area contributed by atoms with Gasteiger partial charge in [-0.15, -0.1) is 0 Å². The Morgan fingerprint density at radius 1 is 1.33 bits per heavy atom. The van der Waals surface area contributed by atoms with Crippen molar-refractivity contribution in [1.29, 1.82) is 0 Å². The lowest BCUT2D eigenvalue weighted by molar-refractivity contribution is 0.360. The van der Waals surface area contributed by atoms with Crippen molar-refractivity contribution in [3.63, 3.8) is 0 Å². The highest BCUT2D eigenvalue weighted by Gasteiger charge is 2.36. The normalized spacial score (nSPS) is 27.1. The molecule has 18 heavy (non-hydrogen) atoms. The molecule has 3 rings (SSSR count). The summed E-state index contributed by atoms with van der Waals surface area (Å²) in [6.45, 7) is 3.19. The zero-order chi connectivity index (χ0) is 12.5. The summed E-state index contributed by atoms with van der Waals surface area (Å²) in [6, 6.07) is 0.679. The van der Waals surface area contributed by atoms with Crippen LogP contribution in [-0.4, -0.2) is 22.6 Å². The van der Waals surface area contributed by atoms with Gasteiger partial charge in [-0.3, -0.25) is 5.43 Å². The Balaban J connectivity index is 1.93. The summed E-state index contributed by atoms with van der Waals surface area (Å²) in [6.07, 6.45) is 8.56. The maximum atomic E-state index is 5.41. The molecule has 0 amide bonds. The quantitative estimate of drug-likeness (QED) is 0.616. The maximum Gasteiger partial charge on any atom is 0.239 e. The number of nitrogens with zero attached hydrogens (tertiary/aromatic N) is 3. The second kappa shape index (κ2) is 4.72. The first-order valence-electron chi connectivity index (χ1n) is 6.86. The van der Waals surface area contributed by atoms with Crippen LogP contribution in [0.15, 0.2) is 6.20 Å². The molecular weight excluding hydrogens is 226 g/mol. The molecule has 1 saturated heterocycles. The summed E-state index contributed by atoms with van der Waals surface area (Å²) >= 11 is 0. The molecule has 2 heterocycles. The predicted molar refractivity (Wildman–Crippen MR) is 72.3 cm³/mol. The molecule has 1 aromatic rings. The first-order chi connectivity index (χ1) is 8.79. The lowest BCUT2D eigenvalue weighted by Gasteiger charge is -2.39. The molecule has 1 aromatic heterocycles. The van der Waals surface area contributed by atoms with E-state index in [4.69, 9.17) is 5.84 Å². The molecule has 2 aliphatic rings. The molecule has 1 saturated carbocycles. The van der Waals surface area contributed by atoms with Crippen molar-refractivity contribution in [1.82, 2.24) is 9.97 Å². The van der Waals surface area contributed by atoms with Crippen molar-refractivity contribution < 1.29 is 0 Å². The number of hydrazine groups is 1. The van der Waals surface area contributed by atoms with Crippen molar-refractivity contribution in [2.24, 2.45) is 11.8 Å². The lowest BCUT2D eigenvalue weighted by Crippen LogP contribution is -2.43. The first kappa shape index (κ1) is 11.7. The van der Waals surface area contributed by atoms with E-state index >= 15 is 0 Å². The van der Waals surface area contributed by atoms with Crippen LogP contribution in [0, 0.1) is 12.8 Å². The van der Waals surface area contributed by atoms with Gasteiger partial charge in [0.25, 0.3) is 0 Å². The van der Waals surface area contributed by atoms with Gasteiger partial charge in [-0.2, -0.15) is 4.98 Å². The molecule has 98 valence electrons. The number of hydrogen-bond acceptors (Lipinski definition) is 5. The highest BCUT2D eigenvalue weighted by Crippen LogP contribution is 2.39. The van der Waals surface area contributed by atoms with Gasteiger partial charge in [0.15, 0.2) is 0 Å². The molecular formula is C13H21N5. The van der Waals surface area contributed by atoms with Crippen molar-refractivity contribution >= 4 is 11.8 Å². The number of aryl methyl sites for hydroxylation is 1. The second-order valence-electron chi connectivity index (χ2n) is 5.44. The fourth-order valence-corrected chi connectivity index (χ4v) is 3.51. The highest BCUT2D eigenvalue weighted by atomic mass is 15.3. The molecule has 2 fully saturated rings. The van der Waals surface area contributed by atoms with Gasteiger partial charge in [0.05, 0.1) is 0 Å². The molecule has 5 heteroatoms. The van der Waals surface area contributed by atoms with E-state index in [-0.39, 0.29) is 0 Å². The molecule has 0 bridgehead atoms. The minimum atomic E-state index is 0.510. The highest BCUT2D eigenvalue weighted by molar-refractivity contribution is 5.50. The summed E-state index contributed by atoms with van der Waals surface area (Å²) in [5, 5.41) is 0. The van der Waals surface area contributed by atoms with Gasteiger partial charge >= 0.3 is 0 Å². The summed E-state index contributed by atoms with van der Waals surface area (Å²) in [5.74, 6) is 7.85. The Hall–Kier alpha value is -1.36. The standard InChI is InChI=1S/C13H21N5/c1-9-8-15-13(17-14)16-12(9)18-7-3-5-10-4-2-6-11(10)18/h8,10-11H,2-7,14H2,1H3,(H,15,16,17). The average Bonchev–Trinajstić information content (AvgIpc) is 2.87. The minimum Gasteiger partial charge on any atom is -0.353 e. The van der Waals surface area contributed by atoms with Crippen molar-refractivity contribution in [2.75, 3.05) is 16.9 Å². The second-order valence-corrected chi connectivity index (χ2v) is 5.44. The van der Waals surface area contributed by atoms with E-state index in [0.717, 1.165) is 23.8 Å². The number of hydrogen-bond donors (Lipinski definition) is 2. The molecule has 0 spiro atoms. The van der Waals surface area contributed by atoms with E-state index < -0.39 is 0 Å². The van der Waals surface area contributed by atoms with Gasteiger partial charge in [-0.1, -0.05) is 6.42 Å². The van der Waals surface area contributed by atoms with Crippen LogP contribution in [0.1, 0.15) is 37.7 Å². The summed E-state index contributed by atoms with van der Waals surface area (Å²) < 4.78 is 0. The van der Waals surface area contributed by atoms with Crippen LogP contribution in [-0.2, 0) is 0 Å². The number of piperidine rings is 1. The summed E-state index contributed by atoms with van der Waals surface area (Å²) in [4.78, 5) is 11.2. The Bertz CT molecular complexity index is 433. The molecule has 0 aromatic carbocycles. The molecule has 3 N–H and O–H groups in total. The van der Waals surface area contributed by atoms with Gasteiger partial charge < -0.3 is 4.90 Å². The van der Waals surface area contributed by atoms with Crippen LogP contribution < -0.4 is 16.2 Å². The van der Waals surface area contributed by atoms with Crippen LogP contribution >= 0.6 is 0 Å². The number of aromatic nitrogens is 2. The molecule has 1 aliphatic carbocycles. The monoisotopic (exact) mass is 247 g/mol. The number of nitrogens with one attached hydrogen (secondary N) is 1. The van der Waals surface area contributed by atoms with Gasteiger partial charge in [0.2, 0.25) is 5.95 Å². The topological polar surface area (TPSA) is 67.1 Å². The molecule has 2 unspecified atom stereocenters. The fraction of sp³-hybridized carbons (Fsp3) is 0.692.